The third kappa shape index (κ3) is 3.03. The minimum Gasteiger partial charge on any atom is -0.340 e. The molecule has 2 amide bonds. The summed E-state index contributed by atoms with van der Waals surface area (Å²) in [5.74, 6) is -1.04. The number of rotatable bonds is 4. The highest BCUT2D eigenvalue weighted by molar-refractivity contribution is 5.97. The topological polar surface area (TPSA) is 91.3 Å². The van der Waals surface area contributed by atoms with Crippen LogP contribution in [0.15, 0.2) is 24.5 Å². The summed E-state index contributed by atoms with van der Waals surface area (Å²) in [7, 11) is 0. The van der Waals surface area contributed by atoms with Crippen LogP contribution in [0.3, 0.4) is 0 Å². The van der Waals surface area contributed by atoms with E-state index >= 15 is 0 Å². The van der Waals surface area contributed by atoms with Crippen molar-refractivity contribution < 1.29 is 14.8 Å². The Balaban J connectivity index is 2.66. The third-order valence-corrected chi connectivity index (χ3v) is 2.06. The molecule has 0 saturated heterocycles. The first-order valence-corrected chi connectivity index (χ1v) is 4.83. The molecule has 86 valence electrons. The monoisotopic (exact) mass is 223 g/mol. The molecule has 6 heteroatoms. The lowest BCUT2D eigenvalue weighted by Crippen LogP contribution is -2.45. The molecule has 0 bridgehead atoms. The quantitative estimate of drug-likeness (QED) is 0.498. The largest absolute Gasteiger partial charge is 0.340 e. The lowest BCUT2D eigenvalue weighted by Gasteiger charge is -2.14. The van der Waals surface area contributed by atoms with Crippen molar-refractivity contribution in [1.29, 1.82) is 0 Å². The fourth-order valence-electron chi connectivity index (χ4n) is 1.17. The first-order valence-electron chi connectivity index (χ1n) is 4.83. The van der Waals surface area contributed by atoms with Gasteiger partial charge in [-0.2, -0.15) is 0 Å². The molecule has 1 unspecified atom stereocenters. The molecule has 1 atom stereocenters. The zero-order valence-corrected chi connectivity index (χ0v) is 8.80. The molecule has 1 heterocycles. The van der Waals surface area contributed by atoms with Crippen molar-refractivity contribution in [3.05, 3.63) is 30.1 Å². The van der Waals surface area contributed by atoms with Crippen molar-refractivity contribution in [3.8, 4) is 0 Å². The van der Waals surface area contributed by atoms with Crippen LogP contribution in [-0.4, -0.2) is 28.0 Å². The van der Waals surface area contributed by atoms with Crippen LogP contribution in [0.5, 0.6) is 0 Å². The molecule has 0 aliphatic heterocycles. The van der Waals surface area contributed by atoms with E-state index in [1.807, 2.05) is 0 Å². The number of carbonyl (C=O) groups excluding carboxylic acids is 2. The summed E-state index contributed by atoms with van der Waals surface area (Å²) in [6, 6.07) is 2.46. The predicted molar refractivity (Wildman–Crippen MR) is 55.7 cm³/mol. The number of carbonyl (C=O) groups is 2. The number of pyridine rings is 1. The van der Waals surface area contributed by atoms with E-state index in [4.69, 9.17) is 5.21 Å². The van der Waals surface area contributed by atoms with E-state index in [1.54, 1.807) is 25.3 Å². The van der Waals surface area contributed by atoms with Crippen LogP contribution in [0, 0.1) is 0 Å². The fourth-order valence-corrected chi connectivity index (χ4v) is 1.17. The van der Waals surface area contributed by atoms with E-state index in [1.165, 1.54) is 11.7 Å². The second kappa shape index (κ2) is 5.82. The molecule has 0 fully saturated rings. The van der Waals surface area contributed by atoms with Gasteiger partial charge in [0.05, 0.1) is 5.56 Å². The maximum Gasteiger partial charge on any atom is 0.265 e. The molecule has 0 aliphatic rings. The Morgan fingerprint density at radius 3 is 2.81 bits per heavy atom. The zero-order chi connectivity index (χ0) is 12.0. The smallest absolute Gasteiger partial charge is 0.265 e. The molecule has 1 rings (SSSR count). The van der Waals surface area contributed by atoms with Crippen LogP contribution in [0.25, 0.3) is 0 Å². The van der Waals surface area contributed by atoms with Crippen LogP contribution < -0.4 is 10.8 Å². The molecule has 0 aliphatic carbocycles. The summed E-state index contributed by atoms with van der Waals surface area (Å²) in [4.78, 5) is 26.5. The average molecular weight is 223 g/mol. The van der Waals surface area contributed by atoms with Crippen molar-refractivity contribution in [2.75, 3.05) is 0 Å². The number of hydroxylamine groups is 1. The van der Waals surface area contributed by atoms with Gasteiger partial charge in [-0.1, -0.05) is 6.92 Å². The Morgan fingerprint density at radius 1 is 1.56 bits per heavy atom. The summed E-state index contributed by atoms with van der Waals surface area (Å²) >= 11 is 0. The summed E-state index contributed by atoms with van der Waals surface area (Å²) in [5, 5.41) is 10.9. The van der Waals surface area contributed by atoms with Gasteiger partial charge in [-0.3, -0.25) is 19.8 Å². The Kier molecular flexibility index (Phi) is 4.41. The second-order valence-electron chi connectivity index (χ2n) is 3.15. The van der Waals surface area contributed by atoms with Gasteiger partial charge in [-0.15, -0.1) is 0 Å². The normalized spacial score (nSPS) is 11.6. The van der Waals surface area contributed by atoms with E-state index < -0.39 is 17.9 Å². The van der Waals surface area contributed by atoms with Gasteiger partial charge in [0.25, 0.3) is 11.8 Å². The summed E-state index contributed by atoms with van der Waals surface area (Å²) in [6.07, 6.45) is 3.34. The Bertz CT molecular complexity index is 367. The molecule has 0 spiro atoms. The van der Waals surface area contributed by atoms with E-state index in [0.29, 0.717) is 12.0 Å². The maximum absolute atomic E-state index is 11.6. The molecular formula is C10H13N3O3. The fraction of sp³-hybridized carbons (Fsp3) is 0.300. The molecule has 0 aromatic carbocycles. The van der Waals surface area contributed by atoms with E-state index in [0.717, 1.165) is 0 Å². The van der Waals surface area contributed by atoms with Crippen molar-refractivity contribution in [2.45, 2.75) is 19.4 Å². The van der Waals surface area contributed by atoms with Gasteiger partial charge >= 0.3 is 0 Å². The number of nitrogens with zero attached hydrogens (tertiary/aromatic N) is 1. The van der Waals surface area contributed by atoms with Crippen LogP contribution >= 0.6 is 0 Å². The number of hydrogen-bond donors (Lipinski definition) is 3. The highest BCUT2D eigenvalue weighted by Gasteiger charge is 2.18. The number of hydrogen-bond acceptors (Lipinski definition) is 4. The average Bonchev–Trinajstić information content (AvgIpc) is 2.35. The third-order valence-electron chi connectivity index (χ3n) is 2.06. The second-order valence-corrected chi connectivity index (χ2v) is 3.15. The number of nitrogens with one attached hydrogen (secondary N) is 2. The van der Waals surface area contributed by atoms with Gasteiger partial charge < -0.3 is 5.32 Å². The Hall–Kier alpha value is -1.95. The first-order chi connectivity index (χ1) is 7.69. The maximum atomic E-state index is 11.6. The molecule has 0 radical (unpaired) electrons. The Labute approximate surface area is 92.6 Å². The predicted octanol–water partition coefficient (Wildman–Crippen LogP) is 0.0954. The van der Waals surface area contributed by atoms with Gasteiger partial charge in [0.2, 0.25) is 0 Å². The summed E-state index contributed by atoms with van der Waals surface area (Å²) in [6.45, 7) is 1.73. The number of amides is 2. The van der Waals surface area contributed by atoms with Gasteiger partial charge in [-0.05, 0) is 18.6 Å². The van der Waals surface area contributed by atoms with Crippen molar-refractivity contribution in [2.24, 2.45) is 0 Å². The molecule has 1 aromatic heterocycles. The first kappa shape index (κ1) is 12.1. The van der Waals surface area contributed by atoms with E-state index in [-0.39, 0.29) is 0 Å². The lowest BCUT2D eigenvalue weighted by atomic mass is 10.2. The molecule has 16 heavy (non-hydrogen) atoms. The van der Waals surface area contributed by atoms with Crippen LogP contribution in [-0.2, 0) is 4.79 Å². The molecule has 3 N–H and O–H groups in total. The highest BCUT2D eigenvalue weighted by atomic mass is 16.5. The SMILES string of the molecule is CCC(NC(=O)c1cccnc1)C(=O)NO. The molecule has 1 aromatic rings. The van der Waals surface area contributed by atoms with Crippen LogP contribution in [0.1, 0.15) is 23.7 Å². The van der Waals surface area contributed by atoms with Gasteiger partial charge in [0.15, 0.2) is 0 Å². The van der Waals surface area contributed by atoms with Gasteiger partial charge in [0, 0.05) is 12.4 Å². The van der Waals surface area contributed by atoms with Crippen LogP contribution in [0.4, 0.5) is 0 Å². The van der Waals surface area contributed by atoms with E-state index in [2.05, 4.69) is 10.3 Å². The highest BCUT2D eigenvalue weighted by Crippen LogP contribution is 1.98. The van der Waals surface area contributed by atoms with E-state index in [9.17, 15) is 9.59 Å². The number of aromatic nitrogens is 1. The lowest BCUT2D eigenvalue weighted by molar-refractivity contribution is -0.131. The minimum absolute atomic E-state index is 0.367. The molecular weight excluding hydrogens is 210 g/mol. The Morgan fingerprint density at radius 2 is 2.31 bits per heavy atom. The van der Waals surface area contributed by atoms with Crippen molar-refractivity contribution in [1.82, 2.24) is 15.8 Å². The summed E-state index contributed by atoms with van der Waals surface area (Å²) < 4.78 is 0. The van der Waals surface area contributed by atoms with Gasteiger partial charge in [-0.25, -0.2) is 5.48 Å². The zero-order valence-electron chi connectivity index (χ0n) is 8.80. The minimum atomic E-state index is -0.752. The van der Waals surface area contributed by atoms with Crippen molar-refractivity contribution in [3.63, 3.8) is 0 Å². The van der Waals surface area contributed by atoms with Crippen molar-refractivity contribution >= 4 is 11.8 Å². The molecule has 6 nitrogen and oxygen atoms in total. The molecule has 0 saturated carbocycles. The summed E-state index contributed by atoms with van der Waals surface area (Å²) in [5.41, 5.74) is 1.87. The standard InChI is InChI=1S/C10H13N3O3/c1-2-8(10(15)13-16)12-9(14)7-4-3-5-11-6-7/h3-6,8,16H,2H2,1H3,(H,12,14)(H,13,15). The van der Waals surface area contributed by atoms with Crippen LogP contribution in [0.2, 0.25) is 0 Å². The van der Waals surface area contributed by atoms with Gasteiger partial charge in [0.1, 0.15) is 6.04 Å².